The molecule has 1 saturated carbocycles. The van der Waals surface area contributed by atoms with E-state index in [9.17, 15) is 31.1 Å². The number of ether oxygens (including phenoxy) is 1. The molecule has 1 amide bonds. The normalized spacial score (nSPS) is 28.4. The van der Waals surface area contributed by atoms with E-state index in [1.54, 1.807) is 0 Å². The number of amides is 1. The van der Waals surface area contributed by atoms with E-state index in [4.69, 9.17) is 4.74 Å². The lowest BCUT2D eigenvalue weighted by molar-refractivity contribution is -0.143. The number of carbonyl (C=O) groups excluding carboxylic acids is 1. The fourth-order valence-corrected chi connectivity index (χ4v) is 5.17. The molecule has 2 N–H and O–H groups in total. The van der Waals surface area contributed by atoms with Gasteiger partial charge in [0.1, 0.15) is 0 Å². The predicted octanol–water partition coefficient (Wildman–Crippen LogP) is 5.69. The second kappa shape index (κ2) is 10.0. The number of rotatable bonds is 6. The van der Waals surface area contributed by atoms with Crippen LogP contribution in [0.1, 0.15) is 69.6 Å². The van der Waals surface area contributed by atoms with Gasteiger partial charge < -0.3 is 15.4 Å². The zero-order valence-corrected chi connectivity index (χ0v) is 19.6. The van der Waals surface area contributed by atoms with Crippen molar-refractivity contribution in [3.63, 3.8) is 0 Å². The van der Waals surface area contributed by atoms with Crippen molar-refractivity contribution >= 4 is 5.91 Å². The van der Waals surface area contributed by atoms with Crippen molar-refractivity contribution < 1.29 is 35.9 Å². The molecule has 1 aromatic carbocycles. The van der Waals surface area contributed by atoms with Gasteiger partial charge in [-0.25, -0.2) is 0 Å². The highest BCUT2D eigenvalue weighted by molar-refractivity contribution is 5.83. The number of nitrogens with one attached hydrogen (secondary N) is 2. The molecule has 10 heteroatoms. The molecule has 1 heterocycles. The van der Waals surface area contributed by atoms with E-state index >= 15 is 0 Å². The molecule has 1 aliphatic carbocycles. The molecular weight excluding hydrogens is 462 g/mol. The molecular formula is C24H32F6N2O2. The Hall–Kier alpha value is -1.81. The summed E-state index contributed by atoms with van der Waals surface area (Å²) >= 11 is 0. The van der Waals surface area contributed by atoms with Crippen LogP contribution in [0, 0.1) is 11.3 Å². The molecule has 192 valence electrons. The van der Waals surface area contributed by atoms with Crippen LogP contribution in [0.5, 0.6) is 0 Å². The third-order valence-electron chi connectivity index (χ3n) is 7.16. The molecule has 0 spiro atoms. The second-order valence-corrected chi connectivity index (χ2v) is 9.92. The maximum absolute atomic E-state index is 13.2. The van der Waals surface area contributed by atoms with Gasteiger partial charge in [0.15, 0.2) is 0 Å². The maximum Gasteiger partial charge on any atom is 0.416 e. The average molecular weight is 495 g/mol. The van der Waals surface area contributed by atoms with Crippen molar-refractivity contribution in [3.05, 3.63) is 34.9 Å². The van der Waals surface area contributed by atoms with Crippen LogP contribution in [-0.4, -0.2) is 30.7 Å². The van der Waals surface area contributed by atoms with Crippen molar-refractivity contribution in [2.45, 2.75) is 90.0 Å². The molecule has 2 aliphatic rings. The number of hydrogen-bond donors (Lipinski definition) is 2. The summed E-state index contributed by atoms with van der Waals surface area (Å²) in [4.78, 5) is 13.2. The van der Waals surface area contributed by atoms with Crippen LogP contribution in [-0.2, 0) is 28.4 Å². The van der Waals surface area contributed by atoms with Crippen molar-refractivity contribution in [1.82, 2.24) is 10.6 Å². The molecule has 4 nitrogen and oxygen atoms in total. The molecule has 0 radical (unpaired) electrons. The van der Waals surface area contributed by atoms with Crippen molar-refractivity contribution in [3.8, 4) is 0 Å². The number of alkyl halides is 6. The molecule has 34 heavy (non-hydrogen) atoms. The van der Waals surface area contributed by atoms with Crippen molar-refractivity contribution in [1.29, 1.82) is 0 Å². The van der Waals surface area contributed by atoms with Crippen LogP contribution >= 0.6 is 0 Å². The summed E-state index contributed by atoms with van der Waals surface area (Å²) in [6.07, 6.45) is -5.97. The minimum atomic E-state index is -4.93. The molecule has 0 bridgehead atoms. The zero-order chi connectivity index (χ0) is 25.3. The highest BCUT2D eigenvalue weighted by atomic mass is 19.4. The molecule has 2 fully saturated rings. The summed E-state index contributed by atoms with van der Waals surface area (Å²) in [5.74, 6) is -0.377. The van der Waals surface area contributed by atoms with Gasteiger partial charge in [0.2, 0.25) is 5.91 Å². The summed E-state index contributed by atoms with van der Waals surface area (Å²) < 4.78 is 84.4. The Morgan fingerprint density at radius 1 is 1.06 bits per heavy atom. The topological polar surface area (TPSA) is 50.4 Å². The second-order valence-electron chi connectivity index (χ2n) is 9.92. The predicted molar refractivity (Wildman–Crippen MR) is 115 cm³/mol. The summed E-state index contributed by atoms with van der Waals surface area (Å²) in [6, 6.07) is 1.82. The van der Waals surface area contributed by atoms with Crippen LogP contribution in [0.25, 0.3) is 0 Å². The Bertz CT molecular complexity index is 838. The van der Waals surface area contributed by atoms with Crippen LogP contribution in [0.15, 0.2) is 18.2 Å². The molecule has 1 aliphatic heterocycles. The fourth-order valence-electron chi connectivity index (χ4n) is 5.17. The monoisotopic (exact) mass is 494 g/mol. The van der Waals surface area contributed by atoms with Gasteiger partial charge in [0, 0.05) is 25.2 Å². The molecule has 3 rings (SSSR count). The van der Waals surface area contributed by atoms with E-state index in [-0.39, 0.29) is 35.6 Å². The molecule has 0 aromatic heterocycles. The van der Waals surface area contributed by atoms with Gasteiger partial charge in [-0.3, -0.25) is 4.79 Å². The highest BCUT2D eigenvalue weighted by Gasteiger charge is 2.48. The van der Waals surface area contributed by atoms with Gasteiger partial charge in [-0.1, -0.05) is 13.8 Å². The van der Waals surface area contributed by atoms with Gasteiger partial charge in [-0.15, -0.1) is 0 Å². The summed E-state index contributed by atoms with van der Waals surface area (Å²) in [5.41, 5.74) is -3.75. The Balaban J connectivity index is 1.71. The van der Waals surface area contributed by atoms with Gasteiger partial charge >= 0.3 is 12.4 Å². The van der Waals surface area contributed by atoms with Gasteiger partial charge in [0.05, 0.1) is 22.6 Å². The number of benzene rings is 1. The first kappa shape index (κ1) is 26.8. The van der Waals surface area contributed by atoms with E-state index in [0.29, 0.717) is 37.6 Å². The zero-order valence-electron chi connectivity index (χ0n) is 19.6. The lowest BCUT2D eigenvalue weighted by Crippen LogP contribution is -2.46. The average Bonchev–Trinajstić information content (AvgIpc) is 3.16. The first-order chi connectivity index (χ1) is 15.7. The van der Waals surface area contributed by atoms with E-state index in [0.717, 1.165) is 19.3 Å². The van der Waals surface area contributed by atoms with E-state index in [1.807, 2.05) is 20.8 Å². The first-order valence-electron chi connectivity index (χ1n) is 11.6. The fraction of sp³-hybridized carbons (Fsp3) is 0.708. The smallest absolute Gasteiger partial charge is 0.378 e. The summed E-state index contributed by atoms with van der Waals surface area (Å²) in [7, 11) is 0. The number of hydrogen-bond acceptors (Lipinski definition) is 3. The maximum atomic E-state index is 13.2. The highest BCUT2D eigenvalue weighted by Crippen LogP contribution is 2.45. The third-order valence-corrected chi connectivity index (χ3v) is 7.16. The molecule has 2 unspecified atom stereocenters. The van der Waals surface area contributed by atoms with E-state index in [2.05, 4.69) is 10.6 Å². The molecule has 4 atom stereocenters. The molecule has 1 saturated heterocycles. The summed E-state index contributed by atoms with van der Waals surface area (Å²) in [6.45, 7) is 6.13. The minimum absolute atomic E-state index is 0.0415. The van der Waals surface area contributed by atoms with Crippen LogP contribution < -0.4 is 10.6 Å². The van der Waals surface area contributed by atoms with Crippen LogP contribution in [0.3, 0.4) is 0 Å². The number of halogens is 6. The quantitative estimate of drug-likeness (QED) is 0.500. The van der Waals surface area contributed by atoms with Gasteiger partial charge in [-0.2, -0.15) is 26.3 Å². The Labute approximate surface area is 195 Å². The van der Waals surface area contributed by atoms with E-state index in [1.165, 1.54) is 0 Å². The Morgan fingerprint density at radius 3 is 2.21 bits per heavy atom. The van der Waals surface area contributed by atoms with Gasteiger partial charge in [0.25, 0.3) is 0 Å². The third kappa shape index (κ3) is 6.24. The SMILES string of the molecule is CC1CC(N[C@@H]2CC[C@@](C(=O)NCc3cc(C(F)(F)F)cc(C(F)(F)F)c3)(C(C)C)C2)CCO1. The van der Waals surface area contributed by atoms with Crippen molar-refractivity contribution in [2.24, 2.45) is 11.3 Å². The van der Waals surface area contributed by atoms with Gasteiger partial charge in [-0.05, 0) is 68.7 Å². The minimum Gasteiger partial charge on any atom is -0.378 e. The number of carbonyl (C=O) groups is 1. The summed E-state index contributed by atoms with van der Waals surface area (Å²) in [5, 5.41) is 6.25. The largest absolute Gasteiger partial charge is 0.416 e. The Morgan fingerprint density at radius 2 is 1.68 bits per heavy atom. The lowest BCUT2D eigenvalue weighted by Gasteiger charge is -2.34. The van der Waals surface area contributed by atoms with E-state index < -0.39 is 35.4 Å². The van der Waals surface area contributed by atoms with Crippen LogP contribution in [0.2, 0.25) is 0 Å². The first-order valence-corrected chi connectivity index (χ1v) is 11.6. The lowest BCUT2D eigenvalue weighted by atomic mass is 9.74. The van der Waals surface area contributed by atoms with Crippen molar-refractivity contribution in [2.75, 3.05) is 6.61 Å². The van der Waals surface area contributed by atoms with Crippen LogP contribution in [0.4, 0.5) is 26.3 Å². The standard InChI is InChI=1S/C24H32F6N2O2/c1-14(2)22(6-4-20(12-22)32-19-5-7-34-15(3)8-19)21(33)31-13-16-9-17(23(25,26)27)11-18(10-16)24(28,29)30/h9-11,14-15,19-20,32H,4-8,12-13H2,1-3H3,(H,31,33)/t15?,19?,20-,22+/m1/s1. The Kier molecular flexibility index (Phi) is 7.92. The molecule has 1 aromatic rings.